The molecule has 2 rings (SSSR count). The standard InChI is InChI=1S/C16H15N3O2/c1-2-7-12-10-6-11-18-14(12)15(19-21-16(17)20)13-8-4-3-5-9-13/h2-6,8-11H,1,7H2,(H2,17,20). The highest BCUT2D eigenvalue weighted by Gasteiger charge is 2.14. The molecule has 0 fully saturated rings. The lowest BCUT2D eigenvalue weighted by atomic mass is 10.0. The van der Waals surface area contributed by atoms with Crippen molar-refractivity contribution in [2.75, 3.05) is 0 Å². The molecule has 0 saturated carbocycles. The number of primary amides is 1. The van der Waals surface area contributed by atoms with E-state index in [1.807, 2.05) is 42.5 Å². The molecule has 1 amide bonds. The fraction of sp³-hybridized carbons (Fsp3) is 0.0625. The lowest BCUT2D eigenvalue weighted by molar-refractivity contribution is 0.161. The Kier molecular flexibility index (Phi) is 4.82. The number of allylic oxidation sites excluding steroid dienone is 1. The highest BCUT2D eigenvalue weighted by Crippen LogP contribution is 2.14. The number of oxime groups is 1. The molecule has 0 radical (unpaired) electrons. The SMILES string of the molecule is C=CCc1cccnc1C(=NOC(N)=O)c1ccccc1. The first-order chi connectivity index (χ1) is 10.2. The number of carbonyl (C=O) groups is 1. The Morgan fingerprint density at radius 3 is 2.71 bits per heavy atom. The van der Waals surface area contributed by atoms with Gasteiger partial charge in [-0.2, -0.15) is 0 Å². The number of aromatic nitrogens is 1. The first-order valence-corrected chi connectivity index (χ1v) is 6.37. The van der Waals surface area contributed by atoms with Crippen molar-refractivity contribution in [1.82, 2.24) is 4.98 Å². The van der Waals surface area contributed by atoms with Crippen molar-refractivity contribution in [3.63, 3.8) is 0 Å². The summed E-state index contributed by atoms with van der Waals surface area (Å²) in [5.41, 5.74) is 7.78. The van der Waals surface area contributed by atoms with Crippen LogP contribution in [0.15, 0.2) is 66.5 Å². The average molecular weight is 281 g/mol. The van der Waals surface area contributed by atoms with Crippen LogP contribution in [-0.4, -0.2) is 16.8 Å². The van der Waals surface area contributed by atoms with Crippen molar-refractivity contribution >= 4 is 11.8 Å². The summed E-state index contributed by atoms with van der Waals surface area (Å²) in [6, 6.07) is 13.1. The number of amides is 1. The van der Waals surface area contributed by atoms with Gasteiger partial charge in [-0.25, -0.2) is 4.79 Å². The van der Waals surface area contributed by atoms with Gasteiger partial charge in [-0.1, -0.05) is 47.6 Å². The summed E-state index contributed by atoms with van der Waals surface area (Å²) in [6.45, 7) is 3.73. The number of rotatable bonds is 5. The number of nitrogens with two attached hydrogens (primary N) is 1. The Morgan fingerprint density at radius 1 is 1.29 bits per heavy atom. The van der Waals surface area contributed by atoms with Crippen LogP contribution in [-0.2, 0) is 11.3 Å². The van der Waals surface area contributed by atoms with E-state index >= 15 is 0 Å². The Bertz CT molecular complexity index is 666. The van der Waals surface area contributed by atoms with Gasteiger partial charge in [-0.3, -0.25) is 9.82 Å². The summed E-state index contributed by atoms with van der Waals surface area (Å²) in [6.07, 6.45) is 3.10. The fourth-order valence-electron chi connectivity index (χ4n) is 1.89. The summed E-state index contributed by atoms with van der Waals surface area (Å²) >= 11 is 0. The topological polar surface area (TPSA) is 77.6 Å². The van der Waals surface area contributed by atoms with Crippen molar-refractivity contribution in [3.05, 3.63) is 78.1 Å². The van der Waals surface area contributed by atoms with Crippen LogP contribution in [0.2, 0.25) is 0 Å². The van der Waals surface area contributed by atoms with Crippen LogP contribution in [0.1, 0.15) is 16.8 Å². The normalized spacial score (nSPS) is 11.0. The van der Waals surface area contributed by atoms with E-state index in [1.165, 1.54) is 0 Å². The molecule has 0 aliphatic carbocycles. The lowest BCUT2D eigenvalue weighted by Crippen LogP contribution is -2.14. The third-order valence-electron chi connectivity index (χ3n) is 2.75. The Balaban J connectivity index is 2.52. The zero-order valence-electron chi connectivity index (χ0n) is 11.4. The molecule has 0 saturated heterocycles. The van der Waals surface area contributed by atoms with E-state index in [4.69, 9.17) is 5.73 Å². The van der Waals surface area contributed by atoms with Crippen LogP contribution in [0.4, 0.5) is 4.79 Å². The molecule has 1 aromatic heterocycles. The van der Waals surface area contributed by atoms with Gasteiger partial charge in [0.05, 0.1) is 5.69 Å². The third-order valence-corrected chi connectivity index (χ3v) is 2.75. The number of pyridine rings is 1. The Morgan fingerprint density at radius 2 is 2.05 bits per heavy atom. The molecule has 106 valence electrons. The largest absolute Gasteiger partial charge is 0.430 e. The van der Waals surface area contributed by atoms with Crippen molar-refractivity contribution < 1.29 is 9.63 Å². The Hall–Kier alpha value is -2.95. The molecule has 0 aliphatic heterocycles. The van der Waals surface area contributed by atoms with E-state index in [-0.39, 0.29) is 0 Å². The quantitative estimate of drug-likeness (QED) is 0.396. The second kappa shape index (κ2) is 7.00. The molecular formula is C16H15N3O2. The second-order valence-corrected chi connectivity index (χ2v) is 4.22. The minimum Gasteiger partial charge on any atom is -0.333 e. The van der Waals surface area contributed by atoms with Gasteiger partial charge in [0, 0.05) is 11.8 Å². The minimum absolute atomic E-state index is 0.451. The van der Waals surface area contributed by atoms with Crippen molar-refractivity contribution in [2.45, 2.75) is 6.42 Å². The van der Waals surface area contributed by atoms with Crippen molar-refractivity contribution in [3.8, 4) is 0 Å². The molecule has 0 aliphatic rings. The average Bonchev–Trinajstić information content (AvgIpc) is 2.50. The van der Waals surface area contributed by atoms with Crippen LogP contribution in [0.5, 0.6) is 0 Å². The predicted octanol–water partition coefficient (Wildman–Crippen LogP) is 2.66. The van der Waals surface area contributed by atoms with Crippen LogP contribution in [0, 0.1) is 0 Å². The summed E-state index contributed by atoms with van der Waals surface area (Å²) in [5.74, 6) is 0. The van der Waals surface area contributed by atoms with Crippen LogP contribution in [0.25, 0.3) is 0 Å². The first-order valence-electron chi connectivity index (χ1n) is 6.37. The van der Waals surface area contributed by atoms with E-state index in [0.717, 1.165) is 11.1 Å². The van der Waals surface area contributed by atoms with Crippen LogP contribution in [0.3, 0.4) is 0 Å². The third kappa shape index (κ3) is 3.76. The number of hydrogen-bond acceptors (Lipinski definition) is 4. The highest BCUT2D eigenvalue weighted by molar-refractivity contribution is 6.12. The summed E-state index contributed by atoms with van der Waals surface area (Å²) < 4.78 is 0. The molecule has 2 aromatic rings. The van der Waals surface area contributed by atoms with Gasteiger partial charge in [0.25, 0.3) is 0 Å². The maximum atomic E-state index is 10.8. The number of nitrogens with zero attached hydrogens (tertiary/aromatic N) is 2. The van der Waals surface area contributed by atoms with E-state index in [0.29, 0.717) is 17.8 Å². The van der Waals surface area contributed by atoms with Gasteiger partial charge in [-0.05, 0) is 18.1 Å². The number of carbonyl (C=O) groups excluding carboxylic acids is 1. The summed E-state index contributed by atoms with van der Waals surface area (Å²) in [4.78, 5) is 19.8. The van der Waals surface area contributed by atoms with E-state index in [1.54, 1.807) is 12.3 Å². The molecule has 0 atom stereocenters. The molecule has 5 heteroatoms. The smallest absolute Gasteiger partial charge is 0.333 e. The van der Waals surface area contributed by atoms with E-state index < -0.39 is 6.09 Å². The molecule has 0 unspecified atom stereocenters. The fourth-order valence-corrected chi connectivity index (χ4v) is 1.89. The molecule has 1 heterocycles. The van der Waals surface area contributed by atoms with Gasteiger partial charge in [0.2, 0.25) is 0 Å². The van der Waals surface area contributed by atoms with E-state index in [9.17, 15) is 4.79 Å². The van der Waals surface area contributed by atoms with Gasteiger partial charge >= 0.3 is 6.09 Å². The number of benzene rings is 1. The van der Waals surface area contributed by atoms with Crippen LogP contribution >= 0.6 is 0 Å². The molecule has 1 aromatic carbocycles. The monoisotopic (exact) mass is 281 g/mol. The maximum absolute atomic E-state index is 10.8. The Labute approximate surface area is 122 Å². The molecule has 0 spiro atoms. The van der Waals surface area contributed by atoms with Gasteiger partial charge < -0.3 is 5.73 Å². The van der Waals surface area contributed by atoms with E-state index in [2.05, 4.69) is 21.6 Å². The summed E-state index contributed by atoms with van der Waals surface area (Å²) in [5, 5.41) is 3.85. The lowest BCUT2D eigenvalue weighted by Gasteiger charge is -2.09. The van der Waals surface area contributed by atoms with Crippen molar-refractivity contribution in [2.24, 2.45) is 10.9 Å². The van der Waals surface area contributed by atoms with Gasteiger partial charge in [-0.15, -0.1) is 6.58 Å². The zero-order valence-corrected chi connectivity index (χ0v) is 11.4. The zero-order chi connectivity index (χ0) is 15.1. The molecule has 5 nitrogen and oxygen atoms in total. The van der Waals surface area contributed by atoms with Crippen molar-refractivity contribution in [1.29, 1.82) is 0 Å². The maximum Gasteiger partial charge on any atom is 0.430 e. The van der Waals surface area contributed by atoms with Crippen LogP contribution < -0.4 is 5.73 Å². The predicted molar refractivity (Wildman–Crippen MR) is 80.9 cm³/mol. The minimum atomic E-state index is -0.968. The molecule has 0 bridgehead atoms. The molecule has 2 N–H and O–H groups in total. The summed E-state index contributed by atoms with van der Waals surface area (Å²) in [7, 11) is 0. The first kappa shape index (κ1) is 14.5. The highest BCUT2D eigenvalue weighted by atomic mass is 16.7. The van der Waals surface area contributed by atoms with Gasteiger partial charge in [0.15, 0.2) is 0 Å². The van der Waals surface area contributed by atoms with Gasteiger partial charge in [0.1, 0.15) is 5.71 Å². The molecular weight excluding hydrogens is 266 g/mol. The molecule has 21 heavy (non-hydrogen) atoms. The number of hydrogen-bond donors (Lipinski definition) is 1. The second-order valence-electron chi connectivity index (χ2n) is 4.22.